The van der Waals surface area contributed by atoms with Gasteiger partial charge in [-0.15, -0.1) is 0 Å². The molecule has 1 saturated carbocycles. The molecule has 1 fully saturated rings. The van der Waals surface area contributed by atoms with Gasteiger partial charge in [-0.05, 0) is 62.1 Å². The number of carbonyl (C=O) groups excluding carboxylic acids is 1. The predicted octanol–water partition coefficient (Wildman–Crippen LogP) is 2.11. The maximum atomic E-state index is 12.3. The molecule has 1 aliphatic rings. The molecule has 0 bridgehead atoms. The Kier molecular flexibility index (Phi) is 6.08. The zero-order valence-corrected chi connectivity index (χ0v) is 15.9. The monoisotopic (exact) mass is 389 g/mol. The molecule has 2 N–H and O–H groups in total. The minimum atomic E-state index is -3.59. The largest absolute Gasteiger partial charge is 0.490 e. The van der Waals surface area contributed by atoms with Crippen molar-refractivity contribution in [2.24, 2.45) is 0 Å². The summed E-state index contributed by atoms with van der Waals surface area (Å²) in [5.41, 5.74) is 0.581. The van der Waals surface area contributed by atoms with Crippen molar-refractivity contribution in [1.82, 2.24) is 15.0 Å². The summed E-state index contributed by atoms with van der Waals surface area (Å²) >= 11 is 0. The number of rotatable bonds is 6. The highest BCUT2D eigenvalue weighted by atomic mass is 32.2. The minimum Gasteiger partial charge on any atom is -0.490 e. The Morgan fingerprint density at radius 1 is 1.07 bits per heavy atom. The lowest BCUT2D eigenvalue weighted by molar-refractivity contribution is 0.0963. The van der Waals surface area contributed by atoms with Crippen LogP contribution in [0.15, 0.2) is 53.7 Å². The average Bonchev–Trinajstić information content (AvgIpc) is 2.70. The van der Waals surface area contributed by atoms with Crippen LogP contribution in [0, 0.1) is 0 Å². The van der Waals surface area contributed by atoms with Gasteiger partial charge >= 0.3 is 0 Å². The Bertz CT molecular complexity index is 862. The highest BCUT2D eigenvalue weighted by Gasteiger charge is 2.27. The lowest BCUT2D eigenvalue weighted by atomic mass is 9.93. The van der Waals surface area contributed by atoms with Crippen LogP contribution in [0.25, 0.3) is 0 Å². The van der Waals surface area contributed by atoms with Gasteiger partial charge in [0, 0.05) is 24.8 Å². The van der Waals surface area contributed by atoms with Crippen molar-refractivity contribution in [3.63, 3.8) is 0 Å². The van der Waals surface area contributed by atoms with E-state index >= 15 is 0 Å². The van der Waals surface area contributed by atoms with Crippen LogP contribution in [0.3, 0.4) is 0 Å². The molecule has 1 heterocycles. The highest BCUT2D eigenvalue weighted by molar-refractivity contribution is 7.89. The fourth-order valence-electron chi connectivity index (χ4n) is 3.11. The van der Waals surface area contributed by atoms with Gasteiger partial charge in [0.1, 0.15) is 5.75 Å². The van der Waals surface area contributed by atoms with Crippen molar-refractivity contribution in [2.75, 3.05) is 7.05 Å². The average molecular weight is 389 g/mol. The number of amides is 1. The van der Waals surface area contributed by atoms with Crippen LogP contribution in [-0.4, -0.2) is 38.5 Å². The van der Waals surface area contributed by atoms with Crippen LogP contribution in [0.2, 0.25) is 0 Å². The lowest BCUT2D eigenvalue weighted by Crippen LogP contribution is -2.39. The normalized spacial score (nSPS) is 20.0. The molecule has 0 spiro atoms. The van der Waals surface area contributed by atoms with Gasteiger partial charge in [-0.1, -0.05) is 6.07 Å². The Morgan fingerprint density at radius 2 is 1.78 bits per heavy atom. The number of nitrogens with one attached hydrogen (secondary N) is 2. The number of hydrogen-bond acceptors (Lipinski definition) is 5. The Morgan fingerprint density at radius 3 is 2.37 bits per heavy atom. The number of carbonyl (C=O) groups is 1. The lowest BCUT2D eigenvalue weighted by Gasteiger charge is -2.29. The zero-order chi connectivity index (χ0) is 19.3. The number of sulfonamides is 1. The van der Waals surface area contributed by atoms with Crippen molar-refractivity contribution in [3.8, 4) is 5.75 Å². The van der Waals surface area contributed by atoms with E-state index in [4.69, 9.17) is 4.74 Å². The van der Waals surface area contributed by atoms with E-state index in [0.717, 1.165) is 12.8 Å². The molecule has 2 aromatic rings. The van der Waals surface area contributed by atoms with E-state index in [1.54, 1.807) is 43.4 Å². The number of pyridine rings is 1. The molecule has 0 atom stereocenters. The molecule has 1 aliphatic carbocycles. The third-order valence-corrected chi connectivity index (χ3v) is 5.99. The summed E-state index contributed by atoms with van der Waals surface area (Å²) < 4.78 is 33.4. The number of ether oxygens (including phenoxy) is 1. The maximum Gasteiger partial charge on any atom is 0.258 e. The van der Waals surface area contributed by atoms with Crippen LogP contribution in [0.1, 0.15) is 36.0 Å². The second kappa shape index (κ2) is 8.49. The Labute approximate surface area is 159 Å². The first-order valence-corrected chi connectivity index (χ1v) is 10.4. The number of hydrogen-bond donors (Lipinski definition) is 2. The van der Waals surface area contributed by atoms with Crippen LogP contribution in [0.4, 0.5) is 0 Å². The van der Waals surface area contributed by atoms with Crippen LogP contribution >= 0.6 is 0 Å². The van der Waals surface area contributed by atoms with E-state index in [0.29, 0.717) is 24.2 Å². The molecule has 1 aromatic carbocycles. The fourth-order valence-corrected chi connectivity index (χ4v) is 4.36. The van der Waals surface area contributed by atoms with Gasteiger partial charge in [-0.3, -0.25) is 4.79 Å². The van der Waals surface area contributed by atoms with Crippen molar-refractivity contribution < 1.29 is 17.9 Å². The first-order valence-electron chi connectivity index (χ1n) is 8.90. The molecule has 144 valence electrons. The predicted molar refractivity (Wildman–Crippen MR) is 101 cm³/mol. The van der Waals surface area contributed by atoms with Gasteiger partial charge in [0.25, 0.3) is 15.9 Å². The van der Waals surface area contributed by atoms with E-state index in [1.165, 1.54) is 12.3 Å². The molecule has 0 unspecified atom stereocenters. The molecular formula is C19H23N3O4S. The minimum absolute atomic E-state index is 0.0338. The third kappa shape index (κ3) is 5.05. The summed E-state index contributed by atoms with van der Waals surface area (Å²) in [6.45, 7) is 0. The summed E-state index contributed by atoms with van der Waals surface area (Å²) in [7, 11) is -2.00. The summed E-state index contributed by atoms with van der Waals surface area (Å²) in [4.78, 5) is 15.5. The van der Waals surface area contributed by atoms with Crippen molar-refractivity contribution >= 4 is 15.9 Å². The maximum absolute atomic E-state index is 12.3. The fraction of sp³-hybridized carbons (Fsp3) is 0.368. The van der Waals surface area contributed by atoms with Crippen molar-refractivity contribution in [1.29, 1.82) is 0 Å². The molecule has 7 nitrogen and oxygen atoms in total. The van der Waals surface area contributed by atoms with Crippen LogP contribution < -0.4 is 14.8 Å². The summed E-state index contributed by atoms with van der Waals surface area (Å²) in [6, 6.07) is 11.7. The summed E-state index contributed by atoms with van der Waals surface area (Å²) in [5.74, 6) is 0.572. The topological polar surface area (TPSA) is 97.4 Å². The SMILES string of the molecule is CNC(=O)c1ccc(OC2CCC(NS(=O)(=O)c3ccccn3)CC2)cc1. The van der Waals surface area contributed by atoms with Gasteiger partial charge in [0.15, 0.2) is 5.03 Å². The quantitative estimate of drug-likeness (QED) is 0.789. The highest BCUT2D eigenvalue weighted by Crippen LogP contribution is 2.25. The molecule has 0 saturated heterocycles. The Hall–Kier alpha value is -2.45. The molecule has 1 amide bonds. The first-order chi connectivity index (χ1) is 13.0. The molecule has 27 heavy (non-hydrogen) atoms. The smallest absolute Gasteiger partial charge is 0.258 e. The molecule has 3 rings (SSSR count). The van der Waals surface area contributed by atoms with Crippen LogP contribution in [-0.2, 0) is 10.0 Å². The van der Waals surface area contributed by atoms with E-state index in [9.17, 15) is 13.2 Å². The second-order valence-corrected chi connectivity index (χ2v) is 8.15. The van der Waals surface area contributed by atoms with E-state index in [1.807, 2.05) is 0 Å². The molecule has 8 heteroatoms. The summed E-state index contributed by atoms with van der Waals surface area (Å²) in [5, 5.41) is 2.62. The summed E-state index contributed by atoms with van der Waals surface area (Å²) in [6.07, 6.45) is 4.42. The second-order valence-electron chi connectivity index (χ2n) is 6.48. The van der Waals surface area contributed by atoms with Gasteiger partial charge in [0.2, 0.25) is 0 Å². The van der Waals surface area contributed by atoms with E-state index in [-0.39, 0.29) is 23.1 Å². The van der Waals surface area contributed by atoms with E-state index < -0.39 is 10.0 Å². The van der Waals surface area contributed by atoms with Gasteiger partial charge in [0.05, 0.1) is 6.10 Å². The number of benzene rings is 1. The van der Waals surface area contributed by atoms with Gasteiger partial charge in [-0.25, -0.2) is 18.1 Å². The standard InChI is InChI=1S/C19H23N3O4S/c1-20-19(23)14-5-9-16(10-6-14)26-17-11-7-15(8-12-17)22-27(24,25)18-4-2-3-13-21-18/h2-6,9-10,13,15,17,22H,7-8,11-12H2,1H3,(H,20,23). The van der Waals surface area contributed by atoms with Crippen molar-refractivity contribution in [2.45, 2.75) is 42.9 Å². The molecule has 1 aromatic heterocycles. The van der Waals surface area contributed by atoms with Crippen LogP contribution in [0.5, 0.6) is 5.75 Å². The molecular weight excluding hydrogens is 366 g/mol. The Balaban J connectivity index is 1.51. The molecule has 0 radical (unpaired) electrons. The first kappa shape index (κ1) is 19.3. The van der Waals surface area contributed by atoms with Gasteiger partial charge < -0.3 is 10.1 Å². The third-order valence-electron chi connectivity index (χ3n) is 4.56. The van der Waals surface area contributed by atoms with Gasteiger partial charge in [-0.2, -0.15) is 0 Å². The molecule has 0 aliphatic heterocycles. The van der Waals surface area contributed by atoms with E-state index in [2.05, 4.69) is 15.0 Å². The van der Waals surface area contributed by atoms with Crippen molar-refractivity contribution in [3.05, 3.63) is 54.2 Å². The number of aromatic nitrogens is 1. The zero-order valence-electron chi connectivity index (χ0n) is 15.1. The number of nitrogens with zero attached hydrogens (tertiary/aromatic N) is 1.